The minimum atomic E-state index is -0.324. The topological polar surface area (TPSA) is 72.7 Å². The van der Waals surface area contributed by atoms with Crippen molar-refractivity contribution in [2.24, 2.45) is 0 Å². The number of anilines is 1. The molecule has 3 heterocycles. The fourth-order valence-electron chi connectivity index (χ4n) is 2.57. The van der Waals surface area contributed by atoms with E-state index in [9.17, 15) is 4.79 Å². The van der Waals surface area contributed by atoms with E-state index in [1.807, 2.05) is 48.7 Å². The molecule has 0 atom stereocenters. The van der Waals surface area contributed by atoms with E-state index in [1.165, 1.54) is 4.68 Å². The first-order valence-corrected chi connectivity index (χ1v) is 9.35. The zero-order chi connectivity index (χ0) is 18.6. The molecule has 0 aliphatic rings. The van der Waals surface area contributed by atoms with Crippen molar-refractivity contribution in [3.8, 4) is 11.4 Å². The zero-order valence-corrected chi connectivity index (χ0v) is 15.5. The Kier molecular flexibility index (Phi) is 4.76. The summed E-state index contributed by atoms with van der Waals surface area (Å²) in [5.74, 6) is 0.567. The van der Waals surface area contributed by atoms with Crippen LogP contribution < -0.4 is 5.32 Å². The average molecular weight is 375 g/mol. The molecule has 4 aromatic rings. The summed E-state index contributed by atoms with van der Waals surface area (Å²) in [6.07, 6.45) is 1.59. The van der Waals surface area contributed by atoms with Crippen LogP contribution in [0, 0.1) is 6.92 Å². The summed E-state index contributed by atoms with van der Waals surface area (Å²) in [6, 6.07) is 17.1. The Bertz CT molecular complexity index is 1040. The summed E-state index contributed by atoms with van der Waals surface area (Å²) in [4.78, 5) is 22.7. The second-order valence-electron chi connectivity index (χ2n) is 5.99. The fourth-order valence-corrected chi connectivity index (χ4v) is 3.21. The van der Waals surface area contributed by atoms with Crippen LogP contribution in [0.15, 0.2) is 66.2 Å². The second-order valence-corrected chi connectivity index (χ2v) is 7.02. The molecular weight excluding hydrogens is 358 g/mol. The summed E-state index contributed by atoms with van der Waals surface area (Å²) in [6.45, 7) is 2.59. The number of benzene rings is 1. The molecule has 0 saturated heterocycles. The molecule has 1 N–H and O–H groups in total. The minimum absolute atomic E-state index is 0.317. The number of hydrogen-bond donors (Lipinski definition) is 1. The number of nitrogens with zero attached hydrogens (tertiary/aromatic N) is 4. The van der Waals surface area contributed by atoms with Crippen LogP contribution in [0.3, 0.4) is 0 Å². The molecule has 1 aromatic carbocycles. The lowest BCUT2D eigenvalue weighted by molar-refractivity contribution is 0.0942. The third-order valence-corrected chi connectivity index (χ3v) is 4.87. The monoisotopic (exact) mass is 375 g/mol. The molecule has 0 fully saturated rings. The molecule has 0 amide bonds. The summed E-state index contributed by atoms with van der Waals surface area (Å²) < 4.78 is 1.28. The summed E-state index contributed by atoms with van der Waals surface area (Å²) in [7, 11) is 0. The maximum absolute atomic E-state index is 12.9. The number of pyridine rings is 1. The minimum Gasteiger partial charge on any atom is -0.349 e. The molecule has 0 aliphatic carbocycles. The van der Waals surface area contributed by atoms with Crippen LogP contribution in [0.2, 0.25) is 0 Å². The van der Waals surface area contributed by atoms with E-state index >= 15 is 0 Å². The maximum Gasteiger partial charge on any atom is 0.299 e. The van der Waals surface area contributed by atoms with Gasteiger partial charge in [0, 0.05) is 16.6 Å². The predicted molar refractivity (Wildman–Crippen MR) is 106 cm³/mol. The maximum atomic E-state index is 12.9. The van der Waals surface area contributed by atoms with E-state index in [1.54, 1.807) is 35.7 Å². The van der Waals surface area contributed by atoms with E-state index in [0.717, 1.165) is 16.0 Å². The van der Waals surface area contributed by atoms with Crippen LogP contribution in [0.1, 0.15) is 20.9 Å². The highest BCUT2D eigenvalue weighted by molar-refractivity contribution is 7.09. The summed E-state index contributed by atoms with van der Waals surface area (Å²) in [5.41, 5.74) is 2.32. The van der Waals surface area contributed by atoms with Gasteiger partial charge in [0.1, 0.15) is 5.69 Å². The second kappa shape index (κ2) is 7.51. The number of aryl methyl sites for hydroxylation is 1. The van der Waals surface area contributed by atoms with Gasteiger partial charge in [-0.2, -0.15) is 9.67 Å². The number of aromatic nitrogens is 4. The van der Waals surface area contributed by atoms with Gasteiger partial charge in [0.25, 0.3) is 5.91 Å². The first-order valence-electron chi connectivity index (χ1n) is 8.47. The molecule has 7 heteroatoms. The largest absolute Gasteiger partial charge is 0.349 e. The molecule has 134 valence electrons. The Morgan fingerprint density at radius 2 is 1.96 bits per heavy atom. The molecule has 0 unspecified atom stereocenters. The Hall–Kier alpha value is -3.32. The van der Waals surface area contributed by atoms with E-state index < -0.39 is 0 Å². The zero-order valence-electron chi connectivity index (χ0n) is 14.7. The first kappa shape index (κ1) is 17.1. The molecule has 6 nitrogen and oxygen atoms in total. The third-order valence-electron chi connectivity index (χ3n) is 3.99. The van der Waals surface area contributed by atoms with Crippen LogP contribution in [-0.4, -0.2) is 25.7 Å². The van der Waals surface area contributed by atoms with E-state index in [-0.39, 0.29) is 5.91 Å². The smallest absolute Gasteiger partial charge is 0.299 e. The SMILES string of the molecule is Cc1ccc(-c2nc(NCc3cccs3)n(C(=O)c3ccccn3)n2)cc1. The Labute approximate surface area is 160 Å². The molecule has 27 heavy (non-hydrogen) atoms. The highest BCUT2D eigenvalue weighted by Gasteiger charge is 2.19. The van der Waals surface area contributed by atoms with Crippen LogP contribution in [0.5, 0.6) is 0 Å². The van der Waals surface area contributed by atoms with Crippen molar-refractivity contribution in [3.63, 3.8) is 0 Å². The van der Waals surface area contributed by atoms with Gasteiger partial charge in [-0.05, 0) is 30.5 Å². The molecule has 3 aromatic heterocycles. The van der Waals surface area contributed by atoms with Gasteiger partial charge in [-0.15, -0.1) is 16.4 Å². The number of rotatable bonds is 5. The van der Waals surface area contributed by atoms with Crippen molar-refractivity contribution in [1.82, 2.24) is 19.7 Å². The fraction of sp³-hybridized carbons (Fsp3) is 0.100. The van der Waals surface area contributed by atoms with Gasteiger partial charge in [-0.1, -0.05) is 42.0 Å². The standard InChI is InChI=1S/C20H17N5OS/c1-14-7-9-15(10-8-14)18-23-20(22-13-16-5-4-12-27-16)25(24-18)19(26)17-6-2-3-11-21-17/h2-12H,13H2,1H3,(H,22,23,24). The lowest BCUT2D eigenvalue weighted by Crippen LogP contribution is -2.18. The summed E-state index contributed by atoms with van der Waals surface area (Å²) >= 11 is 1.64. The number of hydrogen-bond acceptors (Lipinski definition) is 6. The Balaban J connectivity index is 1.70. The Morgan fingerprint density at radius 1 is 1.11 bits per heavy atom. The van der Waals surface area contributed by atoms with Gasteiger partial charge in [0.15, 0.2) is 5.82 Å². The van der Waals surface area contributed by atoms with Crippen LogP contribution in [0.4, 0.5) is 5.95 Å². The molecule has 4 rings (SSSR count). The van der Waals surface area contributed by atoms with Crippen molar-refractivity contribution >= 4 is 23.2 Å². The van der Waals surface area contributed by atoms with Gasteiger partial charge in [0.2, 0.25) is 5.95 Å². The van der Waals surface area contributed by atoms with Gasteiger partial charge in [0.05, 0.1) is 6.54 Å². The highest BCUT2D eigenvalue weighted by atomic mass is 32.1. The van der Waals surface area contributed by atoms with E-state index in [0.29, 0.717) is 24.0 Å². The lowest BCUT2D eigenvalue weighted by Gasteiger charge is -2.05. The predicted octanol–water partition coefficient (Wildman–Crippen LogP) is 4.01. The van der Waals surface area contributed by atoms with Gasteiger partial charge >= 0.3 is 0 Å². The first-order chi connectivity index (χ1) is 13.2. The van der Waals surface area contributed by atoms with E-state index in [2.05, 4.69) is 20.4 Å². The quantitative estimate of drug-likeness (QED) is 0.571. The average Bonchev–Trinajstić information content (AvgIpc) is 3.37. The van der Waals surface area contributed by atoms with Crippen molar-refractivity contribution < 1.29 is 4.79 Å². The van der Waals surface area contributed by atoms with E-state index in [4.69, 9.17) is 0 Å². The number of nitrogens with one attached hydrogen (secondary N) is 1. The van der Waals surface area contributed by atoms with Crippen molar-refractivity contribution in [2.45, 2.75) is 13.5 Å². The van der Waals surface area contributed by atoms with Crippen LogP contribution in [0.25, 0.3) is 11.4 Å². The highest BCUT2D eigenvalue weighted by Crippen LogP contribution is 2.20. The van der Waals surface area contributed by atoms with Crippen molar-refractivity contribution in [1.29, 1.82) is 0 Å². The van der Waals surface area contributed by atoms with Gasteiger partial charge in [-0.3, -0.25) is 9.78 Å². The van der Waals surface area contributed by atoms with Crippen LogP contribution >= 0.6 is 11.3 Å². The number of carbonyl (C=O) groups is 1. The summed E-state index contributed by atoms with van der Waals surface area (Å²) in [5, 5.41) is 9.67. The molecule has 0 bridgehead atoms. The molecule has 0 saturated carbocycles. The van der Waals surface area contributed by atoms with Gasteiger partial charge in [-0.25, -0.2) is 0 Å². The van der Waals surface area contributed by atoms with Crippen molar-refractivity contribution in [2.75, 3.05) is 5.32 Å². The molecule has 0 radical (unpaired) electrons. The lowest BCUT2D eigenvalue weighted by atomic mass is 10.1. The number of carbonyl (C=O) groups excluding carboxylic acids is 1. The third kappa shape index (κ3) is 3.78. The molecular formula is C20H17N5OS. The van der Waals surface area contributed by atoms with Crippen molar-refractivity contribution in [3.05, 3.63) is 82.3 Å². The molecule has 0 spiro atoms. The normalized spacial score (nSPS) is 10.7. The Morgan fingerprint density at radius 3 is 2.67 bits per heavy atom. The molecule has 0 aliphatic heterocycles. The van der Waals surface area contributed by atoms with Crippen LogP contribution in [-0.2, 0) is 6.54 Å². The van der Waals surface area contributed by atoms with Gasteiger partial charge < -0.3 is 5.32 Å². The number of thiophene rings is 1.